The fraction of sp³-hybridized carbons (Fsp3) is 0.467. The van der Waals surface area contributed by atoms with Crippen LogP contribution >= 0.6 is 0 Å². The number of aromatic nitrogens is 2. The Morgan fingerprint density at radius 1 is 1.47 bits per heavy atom. The van der Waals surface area contributed by atoms with Crippen molar-refractivity contribution in [3.8, 4) is 0 Å². The van der Waals surface area contributed by atoms with E-state index in [1.165, 1.54) is 0 Å². The molecule has 0 N–H and O–H groups in total. The van der Waals surface area contributed by atoms with E-state index >= 15 is 0 Å². The summed E-state index contributed by atoms with van der Waals surface area (Å²) in [6, 6.07) is 6.02. The van der Waals surface area contributed by atoms with E-state index in [0.717, 1.165) is 43.8 Å². The molecular weight excluding hydrogens is 238 g/mol. The number of hydrogen-bond acceptors (Lipinski definition) is 3. The highest BCUT2D eigenvalue weighted by atomic mass is 16.1. The van der Waals surface area contributed by atoms with Gasteiger partial charge in [0.25, 0.3) is 0 Å². The molecule has 1 fully saturated rings. The Hall–Kier alpha value is -1.68. The molecule has 0 bridgehead atoms. The Balaban J connectivity index is 1.72. The highest BCUT2D eigenvalue weighted by Crippen LogP contribution is 2.19. The summed E-state index contributed by atoms with van der Waals surface area (Å²) < 4.78 is 2.04. The molecule has 1 atom stereocenters. The molecule has 0 radical (unpaired) electrons. The summed E-state index contributed by atoms with van der Waals surface area (Å²) in [5, 5.41) is 0. The van der Waals surface area contributed by atoms with E-state index in [1.807, 2.05) is 28.8 Å². The summed E-state index contributed by atoms with van der Waals surface area (Å²) in [4.78, 5) is 18.4. The van der Waals surface area contributed by atoms with Crippen molar-refractivity contribution in [2.75, 3.05) is 13.1 Å². The van der Waals surface area contributed by atoms with Crippen LogP contribution in [0.5, 0.6) is 0 Å². The predicted octanol–water partition coefficient (Wildman–Crippen LogP) is 2.14. The zero-order valence-electron chi connectivity index (χ0n) is 11.2. The minimum Gasteiger partial charge on any atom is -0.307 e. The third-order valence-electron chi connectivity index (χ3n) is 3.88. The molecule has 1 saturated heterocycles. The quantitative estimate of drug-likeness (QED) is 0.845. The first-order valence-electron chi connectivity index (χ1n) is 6.88. The van der Waals surface area contributed by atoms with Crippen molar-refractivity contribution in [2.45, 2.75) is 26.3 Å². The highest BCUT2D eigenvalue weighted by Gasteiger charge is 2.23. The number of carbonyl (C=O) groups is 1. The molecule has 4 nitrogen and oxygen atoms in total. The number of rotatable bonds is 3. The van der Waals surface area contributed by atoms with Crippen LogP contribution < -0.4 is 0 Å². The number of likely N-dealkylation sites (tertiary alicyclic amines) is 1. The lowest BCUT2D eigenvalue weighted by Gasteiger charge is -2.30. The van der Waals surface area contributed by atoms with Gasteiger partial charge in [-0.1, -0.05) is 6.07 Å². The third-order valence-corrected chi connectivity index (χ3v) is 3.88. The van der Waals surface area contributed by atoms with E-state index in [1.54, 1.807) is 6.92 Å². The smallest absolute Gasteiger partial charge is 0.137 e. The maximum atomic E-state index is 11.5. The third kappa shape index (κ3) is 2.68. The number of nitrogens with zero attached hydrogens (tertiary/aromatic N) is 3. The van der Waals surface area contributed by atoms with Gasteiger partial charge in [-0.3, -0.25) is 9.69 Å². The largest absolute Gasteiger partial charge is 0.307 e. The van der Waals surface area contributed by atoms with Gasteiger partial charge < -0.3 is 4.40 Å². The molecule has 2 aromatic rings. The summed E-state index contributed by atoms with van der Waals surface area (Å²) in [5.74, 6) is 0.533. The first-order chi connectivity index (χ1) is 9.22. The molecule has 3 heterocycles. The van der Waals surface area contributed by atoms with Crippen molar-refractivity contribution in [1.29, 1.82) is 0 Å². The Labute approximate surface area is 113 Å². The van der Waals surface area contributed by atoms with Crippen LogP contribution in [-0.4, -0.2) is 33.2 Å². The second kappa shape index (κ2) is 5.13. The monoisotopic (exact) mass is 257 g/mol. The molecule has 1 aliphatic heterocycles. The van der Waals surface area contributed by atoms with E-state index in [2.05, 4.69) is 16.1 Å². The Kier molecular flexibility index (Phi) is 3.34. The number of imidazole rings is 1. The van der Waals surface area contributed by atoms with Gasteiger partial charge in [0.1, 0.15) is 11.4 Å². The highest BCUT2D eigenvalue weighted by molar-refractivity contribution is 5.78. The van der Waals surface area contributed by atoms with Crippen molar-refractivity contribution >= 4 is 11.4 Å². The van der Waals surface area contributed by atoms with Crippen LogP contribution in [0.2, 0.25) is 0 Å². The van der Waals surface area contributed by atoms with Gasteiger partial charge in [0.05, 0.1) is 5.69 Å². The van der Waals surface area contributed by atoms with E-state index in [4.69, 9.17) is 0 Å². The van der Waals surface area contributed by atoms with Crippen LogP contribution in [-0.2, 0) is 11.3 Å². The summed E-state index contributed by atoms with van der Waals surface area (Å²) in [6.45, 7) is 4.49. The number of pyridine rings is 1. The van der Waals surface area contributed by atoms with Crippen molar-refractivity contribution < 1.29 is 4.79 Å². The van der Waals surface area contributed by atoms with E-state index in [0.29, 0.717) is 5.78 Å². The maximum absolute atomic E-state index is 11.5. The molecule has 0 aliphatic carbocycles. The van der Waals surface area contributed by atoms with Crippen molar-refractivity contribution in [3.63, 3.8) is 0 Å². The molecule has 1 unspecified atom stereocenters. The van der Waals surface area contributed by atoms with Gasteiger partial charge in [-0.2, -0.15) is 0 Å². The first kappa shape index (κ1) is 12.4. The summed E-state index contributed by atoms with van der Waals surface area (Å²) in [5.41, 5.74) is 2.06. The lowest BCUT2D eigenvalue weighted by molar-refractivity contribution is -0.122. The van der Waals surface area contributed by atoms with Gasteiger partial charge in [0.15, 0.2) is 0 Å². The average molecular weight is 257 g/mol. The summed E-state index contributed by atoms with van der Waals surface area (Å²) in [7, 11) is 0. The zero-order valence-corrected chi connectivity index (χ0v) is 11.2. The van der Waals surface area contributed by atoms with Crippen LogP contribution in [0, 0.1) is 5.92 Å². The van der Waals surface area contributed by atoms with Crippen molar-refractivity contribution in [3.05, 3.63) is 36.3 Å². The van der Waals surface area contributed by atoms with Gasteiger partial charge in [-0.25, -0.2) is 4.98 Å². The predicted molar refractivity (Wildman–Crippen MR) is 73.9 cm³/mol. The normalized spacial score (nSPS) is 20.8. The molecule has 100 valence electrons. The fourth-order valence-electron chi connectivity index (χ4n) is 2.82. The first-order valence-corrected chi connectivity index (χ1v) is 6.88. The SMILES string of the molecule is CC(=O)C1CCCN(Cc2cn3ccccc3n2)C1. The second-order valence-electron chi connectivity index (χ2n) is 5.38. The van der Waals surface area contributed by atoms with Crippen LogP contribution in [0.3, 0.4) is 0 Å². The van der Waals surface area contributed by atoms with E-state index in [-0.39, 0.29) is 5.92 Å². The number of Topliss-reactive ketones (excluding diaryl/α,β-unsaturated/α-hetero) is 1. The molecule has 0 saturated carbocycles. The molecule has 3 rings (SSSR count). The number of carbonyl (C=O) groups excluding carboxylic acids is 1. The lowest BCUT2D eigenvalue weighted by Crippen LogP contribution is -2.37. The van der Waals surface area contributed by atoms with Gasteiger partial charge in [-0.05, 0) is 38.4 Å². The fourth-order valence-corrected chi connectivity index (χ4v) is 2.82. The molecule has 0 aromatic carbocycles. The number of hydrogen-bond donors (Lipinski definition) is 0. The molecule has 1 aliphatic rings. The van der Waals surface area contributed by atoms with Gasteiger partial charge in [0.2, 0.25) is 0 Å². The number of ketones is 1. The van der Waals surface area contributed by atoms with Crippen LogP contribution in [0.4, 0.5) is 0 Å². The Morgan fingerprint density at radius 3 is 3.16 bits per heavy atom. The lowest BCUT2D eigenvalue weighted by atomic mass is 9.94. The van der Waals surface area contributed by atoms with Crippen molar-refractivity contribution in [2.24, 2.45) is 5.92 Å². The maximum Gasteiger partial charge on any atom is 0.137 e. The molecule has 4 heteroatoms. The molecule has 0 spiro atoms. The Bertz CT molecular complexity index is 557. The minimum absolute atomic E-state index is 0.214. The molecule has 2 aromatic heterocycles. The second-order valence-corrected chi connectivity index (χ2v) is 5.38. The molecule has 0 amide bonds. The minimum atomic E-state index is 0.214. The van der Waals surface area contributed by atoms with Crippen LogP contribution in [0.15, 0.2) is 30.6 Å². The average Bonchev–Trinajstić information content (AvgIpc) is 2.81. The van der Waals surface area contributed by atoms with Gasteiger partial charge >= 0.3 is 0 Å². The van der Waals surface area contributed by atoms with Gasteiger partial charge in [0, 0.05) is 31.4 Å². The number of piperidine rings is 1. The van der Waals surface area contributed by atoms with Gasteiger partial charge in [-0.15, -0.1) is 0 Å². The zero-order chi connectivity index (χ0) is 13.2. The van der Waals surface area contributed by atoms with Crippen LogP contribution in [0.25, 0.3) is 5.65 Å². The summed E-state index contributed by atoms with van der Waals surface area (Å²) >= 11 is 0. The molecular formula is C15H19N3O. The van der Waals surface area contributed by atoms with E-state index in [9.17, 15) is 4.79 Å². The summed E-state index contributed by atoms with van der Waals surface area (Å²) in [6.07, 6.45) is 6.24. The van der Waals surface area contributed by atoms with E-state index < -0.39 is 0 Å². The standard InChI is InChI=1S/C15H19N3O/c1-12(19)13-5-4-7-17(9-13)10-14-11-18-8-3-2-6-15(18)16-14/h2-3,6,8,11,13H,4-5,7,9-10H2,1H3. The molecule has 19 heavy (non-hydrogen) atoms. The number of fused-ring (bicyclic) bond motifs is 1. The Morgan fingerprint density at radius 2 is 2.37 bits per heavy atom. The topological polar surface area (TPSA) is 37.6 Å². The van der Waals surface area contributed by atoms with Crippen molar-refractivity contribution in [1.82, 2.24) is 14.3 Å². The van der Waals surface area contributed by atoms with Crippen LogP contribution in [0.1, 0.15) is 25.5 Å².